The Morgan fingerprint density at radius 3 is 0.912 bits per heavy atom. The van der Waals surface area contributed by atoms with Gasteiger partial charge in [0.25, 0.3) is 0 Å². The van der Waals surface area contributed by atoms with E-state index in [0.717, 1.165) is 122 Å². The highest BCUT2D eigenvalue weighted by atomic mass is 16.5. The van der Waals surface area contributed by atoms with Gasteiger partial charge in [-0.05, 0) is 187 Å². The highest BCUT2D eigenvalue weighted by molar-refractivity contribution is 5.82. The molecule has 9 atom stereocenters. The van der Waals surface area contributed by atoms with Crippen molar-refractivity contribution in [2.24, 2.45) is 51.6 Å². The summed E-state index contributed by atoms with van der Waals surface area (Å²) in [6.07, 6.45) is 21.9. The lowest BCUT2D eigenvalue weighted by Crippen LogP contribution is -2.42. The quantitative estimate of drug-likeness (QED) is 0.0290. The molecular formula is C55H121N17O8. The van der Waals surface area contributed by atoms with Crippen LogP contribution >= 0.6 is 0 Å². The van der Waals surface area contributed by atoms with E-state index in [-0.39, 0.29) is 54.6 Å². The Hall–Kier alpha value is -2.80. The Bertz CT molecular complexity index is 1460. The van der Waals surface area contributed by atoms with E-state index in [1.165, 1.54) is 12.8 Å². The van der Waals surface area contributed by atoms with Crippen LogP contribution in [0.5, 0.6) is 0 Å². The van der Waals surface area contributed by atoms with Gasteiger partial charge in [-0.15, -0.1) is 0 Å². The van der Waals surface area contributed by atoms with Crippen LogP contribution in [0.1, 0.15) is 194 Å². The highest BCUT2D eigenvalue weighted by Gasteiger charge is 2.17. The molecular weight excluding hydrogens is 1030 g/mol. The molecule has 0 aromatic heterocycles. The minimum absolute atomic E-state index is 0.173. The van der Waals surface area contributed by atoms with Gasteiger partial charge in [0, 0.05) is 32.2 Å². The molecule has 0 heterocycles. The van der Waals surface area contributed by atoms with Crippen LogP contribution in [0.4, 0.5) is 0 Å². The van der Waals surface area contributed by atoms with Gasteiger partial charge in [-0.2, -0.15) is 0 Å². The summed E-state index contributed by atoms with van der Waals surface area (Å²) in [7, 11) is 0. The number of ether oxygens (including phenoxy) is 4. The van der Waals surface area contributed by atoms with Crippen LogP contribution in [-0.4, -0.2) is 158 Å². The average molecular weight is 1150 g/mol. The molecule has 0 fully saturated rings. The van der Waals surface area contributed by atoms with Crippen molar-refractivity contribution in [3.8, 4) is 0 Å². The Kier molecular flexibility index (Phi) is 53.5. The molecule has 26 N–H and O–H groups in total. The minimum atomic E-state index is -0.650. The smallest absolute Gasteiger partial charge is 0.236 e. The Morgan fingerprint density at radius 2 is 0.600 bits per heavy atom. The van der Waals surface area contributed by atoms with E-state index in [9.17, 15) is 19.2 Å². The first kappa shape index (κ1) is 77.2. The van der Waals surface area contributed by atoms with Crippen LogP contribution in [0.3, 0.4) is 0 Å². The van der Waals surface area contributed by atoms with Crippen molar-refractivity contribution in [2.75, 3.05) is 79.3 Å². The number of amides is 4. The predicted octanol–water partition coefficient (Wildman–Crippen LogP) is 0.444. The number of rotatable bonds is 60. The second-order valence-corrected chi connectivity index (χ2v) is 21.3. The fraction of sp³-hybridized carbons (Fsp3) is 0.927. The third-order valence-corrected chi connectivity index (χ3v) is 13.7. The summed E-state index contributed by atoms with van der Waals surface area (Å²) in [5, 5.41) is 24.7. The fourth-order valence-electron chi connectivity index (χ4n) is 8.28. The topological polar surface area (TPSA) is 436 Å². The molecule has 0 radical (unpaired) electrons. The van der Waals surface area contributed by atoms with Crippen LogP contribution in [0.25, 0.3) is 0 Å². The van der Waals surface area contributed by atoms with E-state index in [1.807, 2.05) is 0 Å². The van der Waals surface area contributed by atoms with Crippen molar-refractivity contribution in [3.05, 3.63) is 0 Å². The number of hydrogen-bond acceptors (Lipinski definition) is 21. The van der Waals surface area contributed by atoms with Gasteiger partial charge in [0.15, 0.2) is 0 Å². The third kappa shape index (κ3) is 49.8. The molecule has 0 aliphatic carbocycles. The first-order chi connectivity index (χ1) is 38.6. The summed E-state index contributed by atoms with van der Waals surface area (Å²) in [5.41, 5.74) is 54.0. The second-order valence-electron chi connectivity index (χ2n) is 21.3. The fourth-order valence-corrected chi connectivity index (χ4v) is 8.28. The minimum Gasteiger partial charge on any atom is -0.355 e. The van der Waals surface area contributed by atoms with E-state index in [0.29, 0.717) is 124 Å². The van der Waals surface area contributed by atoms with Crippen LogP contribution in [0.15, 0.2) is 0 Å². The van der Waals surface area contributed by atoms with Gasteiger partial charge >= 0.3 is 0 Å². The number of carbonyl (C=O) groups excluding carboxylic acids is 4. The van der Waals surface area contributed by atoms with E-state index in [1.54, 1.807) is 0 Å². The van der Waals surface area contributed by atoms with Crippen molar-refractivity contribution in [2.45, 2.75) is 249 Å². The third-order valence-electron chi connectivity index (χ3n) is 13.7. The lowest BCUT2D eigenvalue weighted by atomic mass is 10.1. The molecule has 0 saturated heterocycles. The molecule has 0 rings (SSSR count). The van der Waals surface area contributed by atoms with E-state index >= 15 is 0 Å². The molecule has 80 heavy (non-hydrogen) atoms. The SMILES string of the molecule is CCCCCC(N)OCNCCCCC(N)OCNCCCCC(N)OCNCCCCC(N)OCNC(C)CCCCNC(=O)C(N)CCCCNC(=O)C(N)CCCCNC(=O)C(N)CCCCNC(=O)C(N)CCCCN. The molecule has 0 bridgehead atoms. The van der Waals surface area contributed by atoms with Gasteiger partial charge in [0.1, 0.15) is 24.9 Å². The first-order valence-electron chi connectivity index (χ1n) is 30.8. The lowest BCUT2D eigenvalue weighted by Gasteiger charge is -2.18. The molecule has 0 aromatic rings. The summed E-state index contributed by atoms with van der Waals surface area (Å²) < 4.78 is 22.7. The average Bonchev–Trinajstić information content (AvgIpc) is 3.43. The zero-order chi connectivity index (χ0) is 59.3. The van der Waals surface area contributed by atoms with Crippen molar-refractivity contribution in [3.63, 3.8) is 0 Å². The van der Waals surface area contributed by atoms with Gasteiger partial charge in [-0.1, -0.05) is 32.6 Å². The zero-order valence-electron chi connectivity index (χ0n) is 49.9. The summed E-state index contributed by atoms with van der Waals surface area (Å²) in [5.74, 6) is -0.800. The molecule has 0 aliphatic rings. The van der Waals surface area contributed by atoms with Gasteiger partial charge in [-0.3, -0.25) is 40.4 Å². The molecule has 0 saturated carbocycles. The predicted molar refractivity (Wildman–Crippen MR) is 320 cm³/mol. The number of unbranched alkanes of at least 4 members (excludes halogenated alkanes) is 10. The molecule has 474 valence electrons. The summed E-state index contributed by atoms with van der Waals surface area (Å²) in [4.78, 5) is 49.4. The summed E-state index contributed by atoms with van der Waals surface area (Å²) in [6.45, 7) is 11.0. The lowest BCUT2D eigenvalue weighted by molar-refractivity contribution is -0.123. The van der Waals surface area contributed by atoms with Crippen LogP contribution in [-0.2, 0) is 38.1 Å². The maximum absolute atomic E-state index is 12.5. The van der Waals surface area contributed by atoms with Gasteiger partial charge < -0.3 is 91.8 Å². The number of carbonyl (C=O) groups is 4. The van der Waals surface area contributed by atoms with Gasteiger partial charge in [0.05, 0.1) is 51.1 Å². The molecule has 25 heteroatoms. The highest BCUT2D eigenvalue weighted by Crippen LogP contribution is 2.07. The standard InChI is InChI=1S/C55H121N17O8/c1-3-4-5-27-48(61)77-39-65-32-15-11-28-49(62)78-40-66-33-16-12-29-50(63)79-41-67-34-17-13-30-51(64)80-42-72-43(2)22-7-18-35-68-53(74)45(58)24-9-20-37-70-55(76)47(60)26-10-21-38-71-54(75)46(59)25-8-19-36-69-52(73)44(57)23-6-14-31-56/h43-51,65-67,72H,3-42,56-64H2,1-2H3,(H,68,74)(H,69,73)(H,70,76)(H,71,75). The summed E-state index contributed by atoms with van der Waals surface area (Å²) in [6, 6.07) is -2.19. The normalized spacial score (nSPS) is 15.1. The van der Waals surface area contributed by atoms with Crippen LogP contribution < -0.4 is 94.1 Å². The van der Waals surface area contributed by atoms with Crippen molar-refractivity contribution >= 4 is 23.6 Å². The molecule has 0 aromatic carbocycles. The first-order valence-corrected chi connectivity index (χ1v) is 30.8. The monoisotopic (exact) mass is 1150 g/mol. The Morgan fingerprint density at radius 1 is 0.338 bits per heavy atom. The van der Waals surface area contributed by atoms with Crippen molar-refractivity contribution in [1.82, 2.24) is 42.5 Å². The largest absolute Gasteiger partial charge is 0.355 e. The van der Waals surface area contributed by atoms with E-state index < -0.39 is 24.2 Å². The number of nitrogens with one attached hydrogen (secondary N) is 8. The molecule has 9 unspecified atom stereocenters. The van der Waals surface area contributed by atoms with E-state index in [2.05, 4.69) is 56.4 Å². The van der Waals surface area contributed by atoms with Crippen molar-refractivity contribution in [1.29, 1.82) is 0 Å². The van der Waals surface area contributed by atoms with Crippen LogP contribution in [0, 0.1) is 0 Å². The molecule has 0 spiro atoms. The van der Waals surface area contributed by atoms with E-state index in [4.69, 9.17) is 70.6 Å². The van der Waals surface area contributed by atoms with Gasteiger partial charge in [-0.25, -0.2) is 0 Å². The maximum Gasteiger partial charge on any atom is 0.236 e. The van der Waals surface area contributed by atoms with Crippen LogP contribution in [0.2, 0.25) is 0 Å². The number of hydrogen-bond donors (Lipinski definition) is 17. The Balaban J connectivity index is 3.69. The molecule has 25 nitrogen and oxygen atoms in total. The molecule has 4 amide bonds. The summed E-state index contributed by atoms with van der Waals surface area (Å²) >= 11 is 0. The molecule has 0 aliphatic heterocycles. The van der Waals surface area contributed by atoms with Gasteiger partial charge in [0.2, 0.25) is 23.6 Å². The number of nitrogens with two attached hydrogens (primary N) is 9. The maximum atomic E-state index is 12.5. The Labute approximate surface area is 482 Å². The zero-order valence-corrected chi connectivity index (χ0v) is 49.9. The van der Waals surface area contributed by atoms with Crippen molar-refractivity contribution < 1.29 is 38.1 Å². The second kappa shape index (κ2) is 55.4.